The van der Waals surface area contributed by atoms with Crippen LogP contribution in [0.4, 0.5) is 0 Å². The molecule has 3 rings (SSSR count). The normalized spacial score (nSPS) is 17.3. The minimum absolute atomic E-state index is 0.158. The average Bonchev–Trinajstić information content (AvgIpc) is 3.42. The fraction of sp³-hybridized carbons (Fsp3) is 0.400. The molecule has 136 valence electrons. The fourth-order valence-corrected chi connectivity index (χ4v) is 3.26. The zero-order valence-corrected chi connectivity index (χ0v) is 15.8. The molecule has 1 saturated heterocycles. The molecule has 25 heavy (non-hydrogen) atoms. The van der Waals surface area contributed by atoms with Gasteiger partial charge in [-0.25, -0.2) is 0 Å². The van der Waals surface area contributed by atoms with Gasteiger partial charge >= 0.3 is 0 Å². The number of hydrogen-bond donors (Lipinski definition) is 0. The second-order valence-electron chi connectivity index (χ2n) is 6.25. The molecule has 2 aromatic carbocycles. The Hall–Kier alpha value is -1.69. The van der Waals surface area contributed by atoms with Crippen LogP contribution in [0.15, 0.2) is 59.5 Å². The maximum absolute atomic E-state index is 11.9. The van der Waals surface area contributed by atoms with Gasteiger partial charge in [0.05, 0.1) is 24.2 Å². The Balaban J connectivity index is 0.000000269. The highest BCUT2D eigenvalue weighted by molar-refractivity contribution is 7.86. The molecule has 1 fully saturated rings. The lowest BCUT2D eigenvalue weighted by Gasteiger charge is -2.12. The van der Waals surface area contributed by atoms with E-state index < -0.39 is 10.1 Å². The van der Waals surface area contributed by atoms with E-state index in [1.807, 2.05) is 32.0 Å². The maximum Gasteiger partial charge on any atom is 0.296 e. The van der Waals surface area contributed by atoms with Gasteiger partial charge in [0.15, 0.2) is 0 Å². The highest BCUT2D eigenvalue weighted by Gasteiger charge is 2.32. The summed E-state index contributed by atoms with van der Waals surface area (Å²) < 4.78 is 34.2. The van der Waals surface area contributed by atoms with Crippen LogP contribution >= 0.6 is 0 Å². The first-order valence-electron chi connectivity index (χ1n) is 8.51. The van der Waals surface area contributed by atoms with Gasteiger partial charge in [0.25, 0.3) is 10.1 Å². The van der Waals surface area contributed by atoms with E-state index in [9.17, 15) is 8.42 Å². The van der Waals surface area contributed by atoms with Crippen LogP contribution in [0.25, 0.3) is 0 Å². The van der Waals surface area contributed by atoms with E-state index in [0.29, 0.717) is 6.61 Å². The summed E-state index contributed by atoms with van der Waals surface area (Å²) >= 11 is 0. The molecule has 1 aliphatic rings. The molecule has 0 aliphatic carbocycles. The smallest absolute Gasteiger partial charge is 0.296 e. The molecule has 0 saturated carbocycles. The summed E-state index contributed by atoms with van der Waals surface area (Å²) in [5, 5.41) is 0. The number of epoxide rings is 1. The van der Waals surface area contributed by atoms with Crippen LogP contribution in [0.1, 0.15) is 24.5 Å². The monoisotopic (exact) mass is 362 g/mol. The van der Waals surface area contributed by atoms with E-state index in [4.69, 9.17) is 8.92 Å². The number of aryl methyl sites for hydroxylation is 2. The fourth-order valence-electron chi connectivity index (χ4n) is 2.30. The lowest BCUT2D eigenvalue weighted by molar-refractivity contribution is 0.211. The largest absolute Gasteiger partial charge is 0.373 e. The van der Waals surface area contributed by atoms with Crippen LogP contribution in [-0.2, 0) is 19.0 Å². The second-order valence-corrected chi connectivity index (χ2v) is 7.86. The first kappa shape index (κ1) is 19.6. The van der Waals surface area contributed by atoms with Crippen LogP contribution < -0.4 is 0 Å². The molecule has 0 amide bonds. The molecule has 0 spiro atoms. The Labute approximate surface area is 150 Å². The Morgan fingerprint density at radius 2 is 1.60 bits per heavy atom. The highest BCUT2D eigenvalue weighted by Crippen LogP contribution is 2.24. The minimum atomic E-state index is -3.64. The van der Waals surface area contributed by atoms with Crippen LogP contribution in [0.5, 0.6) is 0 Å². The molecule has 0 aromatic heterocycles. The Kier molecular flexibility index (Phi) is 7.17. The quantitative estimate of drug-likeness (QED) is 0.573. The lowest BCUT2D eigenvalue weighted by atomic mass is 10.1. The van der Waals surface area contributed by atoms with Crippen LogP contribution in [-0.4, -0.2) is 27.7 Å². The SMILES string of the molecule is CCC(COS(=O)(=O)c1ccc(C)cc1)C1CO1.Cc1ccccc1. The van der Waals surface area contributed by atoms with E-state index in [2.05, 4.69) is 19.1 Å². The lowest BCUT2D eigenvalue weighted by Crippen LogP contribution is -2.18. The molecule has 0 N–H and O–H groups in total. The summed E-state index contributed by atoms with van der Waals surface area (Å²) in [7, 11) is -3.64. The maximum atomic E-state index is 11.9. The average molecular weight is 362 g/mol. The van der Waals surface area contributed by atoms with E-state index in [0.717, 1.165) is 12.0 Å². The van der Waals surface area contributed by atoms with Gasteiger partial charge in [-0.3, -0.25) is 4.18 Å². The first-order valence-corrected chi connectivity index (χ1v) is 9.92. The van der Waals surface area contributed by atoms with Crippen molar-refractivity contribution in [2.45, 2.75) is 38.2 Å². The van der Waals surface area contributed by atoms with Crippen LogP contribution in [0, 0.1) is 19.8 Å². The van der Waals surface area contributed by atoms with E-state index >= 15 is 0 Å². The molecular formula is C20H26O4S. The summed E-state index contributed by atoms with van der Waals surface area (Å²) in [6.07, 6.45) is 1.02. The standard InChI is InChI=1S/C13H18O4S.C7H8/c1-3-11(13-9-16-13)8-17-18(14,15)12-6-4-10(2)5-7-12;1-7-5-3-2-4-6-7/h4-7,11,13H,3,8-9H2,1-2H3;2-6H,1H3. The third-order valence-electron chi connectivity index (χ3n) is 4.10. The molecular weight excluding hydrogens is 336 g/mol. The molecule has 1 heterocycles. The van der Waals surface area contributed by atoms with Crippen molar-refractivity contribution in [2.75, 3.05) is 13.2 Å². The van der Waals surface area contributed by atoms with Crippen molar-refractivity contribution in [2.24, 2.45) is 5.92 Å². The molecule has 5 heteroatoms. The first-order chi connectivity index (χ1) is 11.9. The second kappa shape index (κ2) is 9.13. The van der Waals surface area contributed by atoms with Gasteiger partial charge in [-0.15, -0.1) is 0 Å². The van der Waals surface area contributed by atoms with Crippen molar-refractivity contribution in [1.82, 2.24) is 0 Å². The molecule has 2 unspecified atom stereocenters. The van der Waals surface area contributed by atoms with Gasteiger partial charge in [-0.05, 0) is 32.4 Å². The molecule has 1 aliphatic heterocycles. The van der Waals surface area contributed by atoms with Crippen LogP contribution in [0.3, 0.4) is 0 Å². The summed E-state index contributed by atoms with van der Waals surface area (Å²) in [6, 6.07) is 16.9. The number of hydrogen-bond acceptors (Lipinski definition) is 4. The van der Waals surface area contributed by atoms with E-state index in [1.54, 1.807) is 24.3 Å². The van der Waals surface area contributed by atoms with Gasteiger partial charge in [-0.2, -0.15) is 8.42 Å². The molecule has 4 nitrogen and oxygen atoms in total. The Bertz CT molecular complexity index is 735. The number of benzene rings is 2. The predicted molar refractivity (Wildman–Crippen MR) is 99.0 cm³/mol. The Morgan fingerprint density at radius 3 is 2.04 bits per heavy atom. The molecule has 0 radical (unpaired) electrons. The van der Waals surface area contributed by atoms with Crippen LogP contribution in [0.2, 0.25) is 0 Å². The summed E-state index contributed by atoms with van der Waals surface area (Å²) in [6.45, 7) is 6.91. The van der Waals surface area contributed by atoms with E-state index in [1.165, 1.54) is 5.56 Å². The summed E-state index contributed by atoms with van der Waals surface area (Å²) in [5.41, 5.74) is 2.34. The van der Waals surface area contributed by atoms with Gasteiger partial charge in [0.1, 0.15) is 0 Å². The minimum Gasteiger partial charge on any atom is -0.373 e. The zero-order chi connectivity index (χ0) is 18.3. The van der Waals surface area contributed by atoms with Crippen molar-refractivity contribution < 1.29 is 17.3 Å². The van der Waals surface area contributed by atoms with Gasteiger partial charge in [0, 0.05) is 5.92 Å². The number of ether oxygens (including phenoxy) is 1. The molecule has 2 atom stereocenters. The Morgan fingerprint density at radius 1 is 1.04 bits per heavy atom. The zero-order valence-electron chi connectivity index (χ0n) is 15.0. The van der Waals surface area contributed by atoms with Crippen molar-refractivity contribution >= 4 is 10.1 Å². The van der Waals surface area contributed by atoms with Gasteiger partial charge in [-0.1, -0.05) is 60.5 Å². The predicted octanol–water partition coefficient (Wildman–Crippen LogP) is 4.12. The van der Waals surface area contributed by atoms with Crippen molar-refractivity contribution in [3.8, 4) is 0 Å². The van der Waals surface area contributed by atoms with Crippen molar-refractivity contribution in [3.63, 3.8) is 0 Å². The van der Waals surface area contributed by atoms with Crippen molar-refractivity contribution in [1.29, 1.82) is 0 Å². The number of rotatable bonds is 6. The molecule has 2 aromatic rings. The van der Waals surface area contributed by atoms with Gasteiger partial charge < -0.3 is 4.74 Å². The summed E-state index contributed by atoms with van der Waals surface area (Å²) in [5.74, 6) is 0.158. The van der Waals surface area contributed by atoms with Crippen molar-refractivity contribution in [3.05, 3.63) is 65.7 Å². The third-order valence-corrected chi connectivity index (χ3v) is 5.39. The third kappa shape index (κ3) is 6.61. The van der Waals surface area contributed by atoms with E-state index in [-0.39, 0.29) is 23.5 Å². The molecule has 0 bridgehead atoms. The van der Waals surface area contributed by atoms with Gasteiger partial charge in [0.2, 0.25) is 0 Å². The topological polar surface area (TPSA) is 55.9 Å². The highest BCUT2D eigenvalue weighted by atomic mass is 32.2. The summed E-state index contributed by atoms with van der Waals surface area (Å²) in [4.78, 5) is 0.208.